The van der Waals surface area contributed by atoms with E-state index >= 15 is 0 Å². The van der Waals surface area contributed by atoms with Gasteiger partial charge in [-0.05, 0) is 35.7 Å². The van der Waals surface area contributed by atoms with E-state index in [0.717, 1.165) is 27.8 Å². The number of benzene rings is 2. The first kappa shape index (κ1) is 16.2. The predicted octanol–water partition coefficient (Wildman–Crippen LogP) is 5.12. The van der Waals surface area contributed by atoms with Gasteiger partial charge in [-0.3, -0.25) is 0 Å². The molecule has 0 spiro atoms. The fraction of sp³-hybridized carbons (Fsp3) is 0.300. The minimum absolute atomic E-state index is 0.143. The molecule has 0 aliphatic rings. The summed E-state index contributed by atoms with van der Waals surface area (Å²) in [6.07, 6.45) is 0. The number of hydrogen-bond acceptors (Lipinski definition) is 4. The van der Waals surface area contributed by atoms with Gasteiger partial charge in [-0.1, -0.05) is 20.8 Å². The zero-order valence-corrected chi connectivity index (χ0v) is 14.6. The fourth-order valence-electron chi connectivity index (χ4n) is 2.83. The second kappa shape index (κ2) is 5.78. The first-order valence-corrected chi connectivity index (χ1v) is 7.83. The quantitative estimate of drug-likeness (QED) is 0.726. The van der Waals surface area contributed by atoms with Crippen molar-refractivity contribution in [3.05, 3.63) is 42.0 Å². The smallest absolute Gasteiger partial charge is 0.139 e. The summed E-state index contributed by atoms with van der Waals surface area (Å²) in [5, 5.41) is 10.9. The van der Waals surface area contributed by atoms with Crippen molar-refractivity contribution in [2.75, 3.05) is 14.2 Å². The number of aromatic hydroxyl groups is 1. The number of furan rings is 1. The molecule has 1 heterocycles. The third kappa shape index (κ3) is 2.80. The van der Waals surface area contributed by atoms with Crippen molar-refractivity contribution in [2.45, 2.75) is 26.2 Å². The van der Waals surface area contributed by atoms with Gasteiger partial charge in [0.15, 0.2) is 0 Å². The van der Waals surface area contributed by atoms with E-state index in [9.17, 15) is 5.11 Å². The van der Waals surface area contributed by atoms with Crippen LogP contribution in [0, 0.1) is 0 Å². The summed E-state index contributed by atoms with van der Waals surface area (Å²) in [4.78, 5) is 0. The molecule has 1 N–H and O–H groups in total. The third-order valence-corrected chi connectivity index (χ3v) is 4.08. The highest BCUT2D eigenvalue weighted by molar-refractivity contribution is 5.88. The van der Waals surface area contributed by atoms with Gasteiger partial charge in [-0.15, -0.1) is 0 Å². The Hall–Kier alpha value is -2.62. The number of phenols is 1. The molecule has 0 unspecified atom stereocenters. The lowest BCUT2D eigenvalue weighted by molar-refractivity contribution is 0.394. The van der Waals surface area contributed by atoms with Crippen LogP contribution in [0.15, 0.2) is 40.8 Å². The van der Waals surface area contributed by atoms with Crippen LogP contribution in [-0.4, -0.2) is 19.3 Å². The van der Waals surface area contributed by atoms with Gasteiger partial charge < -0.3 is 19.0 Å². The van der Waals surface area contributed by atoms with E-state index in [1.54, 1.807) is 26.4 Å². The van der Waals surface area contributed by atoms with E-state index in [2.05, 4.69) is 20.8 Å². The normalized spacial score (nSPS) is 11.7. The molecule has 1 aromatic heterocycles. The molecule has 3 rings (SSSR count). The second-order valence-corrected chi connectivity index (χ2v) is 6.84. The molecule has 0 radical (unpaired) electrons. The lowest BCUT2D eigenvalue weighted by Gasteiger charge is -2.19. The fourth-order valence-corrected chi connectivity index (χ4v) is 2.83. The Morgan fingerprint density at radius 2 is 1.71 bits per heavy atom. The number of ether oxygens (including phenoxy) is 2. The van der Waals surface area contributed by atoms with Crippen molar-refractivity contribution in [3.63, 3.8) is 0 Å². The molecule has 0 saturated carbocycles. The molecule has 3 aromatic rings. The molecule has 0 bridgehead atoms. The molecule has 0 aliphatic carbocycles. The van der Waals surface area contributed by atoms with Crippen LogP contribution in [0.1, 0.15) is 26.3 Å². The van der Waals surface area contributed by atoms with Crippen molar-refractivity contribution >= 4 is 11.0 Å². The maximum Gasteiger partial charge on any atom is 0.139 e. The van der Waals surface area contributed by atoms with E-state index in [4.69, 9.17) is 13.9 Å². The highest BCUT2D eigenvalue weighted by atomic mass is 16.5. The summed E-state index contributed by atoms with van der Waals surface area (Å²) in [7, 11) is 3.24. The van der Waals surface area contributed by atoms with Crippen LogP contribution in [0.2, 0.25) is 0 Å². The molecule has 2 aromatic carbocycles. The monoisotopic (exact) mass is 326 g/mol. The van der Waals surface area contributed by atoms with Gasteiger partial charge in [0.2, 0.25) is 0 Å². The van der Waals surface area contributed by atoms with Crippen molar-refractivity contribution in [1.29, 1.82) is 0 Å². The van der Waals surface area contributed by atoms with Gasteiger partial charge in [-0.2, -0.15) is 0 Å². The Morgan fingerprint density at radius 3 is 2.33 bits per heavy atom. The average molecular weight is 326 g/mol. The molecule has 4 nitrogen and oxygen atoms in total. The number of hydrogen-bond donors (Lipinski definition) is 1. The molecule has 126 valence electrons. The molecule has 0 atom stereocenters. The zero-order chi connectivity index (χ0) is 17.5. The molecule has 24 heavy (non-hydrogen) atoms. The lowest BCUT2D eigenvalue weighted by atomic mass is 9.86. The lowest BCUT2D eigenvalue weighted by Crippen LogP contribution is -2.11. The van der Waals surface area contributed by atoms with Gasteiger partial charge in [0.25, 0.3) is 0 Å². The highest BCUT2D eigenvalue weighted by Crippen LogP contribution is 2.40. The molecular formula is C20H22O4. The van der Waals surface area contributed by atoms with Crippen LogP contribution in [0.4, 0.5) is 0 Å². The van der Waals surface area contributed by atoms with Crippen LogP contribution in [0.5, 0.6) is 17.2 Å². The van der Waals surface area contributed by atoms with Crippen molar-refractivity contribution < 1.29 is 19.0 Å². The first-order valence-electron chi connectivity index (χ1n) is 7.83. The first-order chi connectivity index (χ1) is 11.3. The van der Waals surface area contributed by atoms with Gasteiger partial charge in [0.05, 0.1) is 19.8 Å². The summed E-state index contributed by atoms with van der Waals surface area (Å²) < 4.78 is 16.9. The Morgan fingerprint density at radius 1 is 0.958 bits per heavy atom. The Kier molecular flexibility index (Phi) is 3.91. The van der Waals surface area contributed by atoms with E-state index in [1.807, 2.05) is 24.3 Å². The number of rotatable bonds is 3. The number of methoxy groups -OCH3 is 2. The maximum absolute atomic E-state index is 10.0. The molecule has 0 amide bonds. The molecular weight excluding hydrogens is 304 g/mol. The van der Waals surface area contributed by atoms with Gasteiger partial charge >= 0.3 is 0 Å². The summed E-state index contributed by atoms with van der Waals surface area (Å²) in [6.45, 7) is 6.28. The second-order valence-electron chi connectivity index (χ2n) is 6.84. The minimum Gasteiger partial charge on any atom is -0.508 e. The van der Waals surface area contributed by atoms with Crippen LogP contribution in [-0.2, 0) is 5.41 Å². The van der Waals surface area contributed by atoms with Crippen LogP contribution in [0.25, 0.3) is 22.3 Å². The maximum atomic E-state index is 10.0. The molecule has 4 heteroatoms. The summed E-state index contributed by atoms with van der Waals surface area (Å²) in [5.41, 5.74) is 2.45. The van der Waals surface area contributed by atoms with Crippen LogP contribution < -0.4 is 9.47 Å². The zero-order valence-electron chi connectivity index (χ0n) is 14.6. The van der Waals surface area contributed by atoms with Crippen LogP contribution >= 0.6 is 0 Å². The van der Waals surface area contributed by atoms with Crippen molar-refractivity contribution in [1.82, 2.24) is 0 Å². The molecule has 0 fully saturated rings. The number of phenolic OH excluding ortho intramolecular Hbond substituents is 1. The average Bonchev–Trinajstić information content (AvgIpc) is 2.95. The van der Waals surface area contributed by atoms with E-state index in [1.165, 1.54) is 0 Å². The van der Waals surface area contributed by atoms with Crippen molar-refractivity contribution in [2.24, 2.45) is 0 Å². The van der Waals surface area contributed by atoms with Gasteiger partial charge in [0.1, 0.15) is 28.6 Å². The minimum atomic E-state index is -0.143. The SMILES string of the molecule is COc1ccc(-c2cc3cc(O)cc(C(C)(C)C)c3o2)c(OC)c1. The largest absolute Gasteiger partial charge is 0.508 e. The predicted molar refractivity (Wildman–Crippen MR) is 95.1 cm³/mol. The Bertz CT molecular complexity index is 885. The highest BCUT2D eigenvalue weighted by Gasteiger charge is 2.22. The molecule has 0 saturated heterocycles. The molecule has 0 aliphatic heterocycles. The third-order valence-electron chi connectivity index (χ3n) is 4.08. The van der Waals surface area contributed by atoms with Gasteiger partial charge in [0, 0.05) is 17.0 Å². The topological polar surface area (TPSA) is 51.8 Å². The van der Waals surface area contributed by atoms with E-state index in [0.29, 0.717) is 11.5 Å². The summed E-state index contributed by atoms with van der Waals surface area (Å²) in [5.74, 6) is 2.33. The number of fused-ring (bicyclic) bond motifs is 1. The Balaban J connectivity index is 2.22. The standard InChI is InChI=1S/C20H22O4/c1-20(2,3)16-10-13(21)8-12-9-18(24-19(12)16)15-7-6-14(22-4)11-17(15)23-5/h6-11,21H,1-5H3. The summed E-state index contributed by atoms with van der Waals surface area (Å²) in [6, 6.07) is 11.0. The van der Waals surface area contributed by atoms with Crippen molar-refractivity contribution in [3.8, 4) is 28.6 Å². The van der Waals surface area contributed by atoms with Gasteiger partial charge in [-0.25, -0.2) is 0 Å². The Labute approximate surface area is 141 Å². The van der Waals surface area contributed by atoms with E-state index < -0.39 is 0 Å². The summed E-state index contributed by atoms with van der Waals surface area (Å²) >= 11 is 0. The van der Waals surface area contributed by atoms with E-state index in [-0.39, 0.29) is 11.2 Å². The van der Waals surface area contributed by atoms with Crippen LogP contribution in [0.3, 0.4) is 0 Å².